The van der Waals surface area contributed by atoms with Crippen LogP contribution < -0.4 is 4.90 Å². The van der Waals surface area contributed by atoms with Crippen molar-refractivity contribution >= 4 is 58.0 Å². The number of thiazole rings is 1. The number of amides is 2. The number of aromatic nitrogens is 1. The average molecular weight is 482 g/mol. The molecule has 0 aliphatic carbocycles. The van der Waals surface area contributed by atoms with Gasteiger partial charge in [0.05, 0.1) is 12.6 Å². The Bertz CT molecular complexity index is 1060. The van der Waals surface area contributed by atoms with Crippen LogP contribution in [0.3, 0.4) is 0 Å². The summed E-state index contributed by atoms with van der Waals surface area (Å²) >= 11 is 13.5. The van der Waals surface area contributed by atoms with E-state index in [2.05, 4.69) is 4.98 Å². The van der Waals surface area contributed by atoms with E-state index in [-0.39, 0.29) is 18.2 Å². The summed E-state index contributed by atoms with van der Waals surface area (Å²) in [5.74, 6) is -0.811. The van der Waals surface area contributed by atoms with Crippen molar-refractivity contribution in [2.75, 3.05) is 24.5 Å². The highest BCUT2D eigenvalue weighted by molar-refractivity contribution is 7.15. The first-order valence-electron chi connectivity index (χ1n) is 9.85. The molecule has 2 aliphatic heterocycles. The second-order valence-electron chi connectivity index (χ2n) is 7.92. The number of likely N-dealkylation sites (tertiary alicyclic amines) is 1. The van der Waals surface area contributed by atoms with Gasteiger partial charge in [-0.3, -0.25) is 14.4 Å². The number of carbonyl (C=O) groups is 3. The summed E-state index contributed by atoms with van der Waals surface area (Å²) in [5, 5.41) is 1.24. The molecule has 0 N–H and O–H groups in total. The molecule has 2 aliphatic rings. The predicted molar refractivity (Wildman–Crippen MR) is 119 cm³/mol. The normalized spacial score (nSPS) is 20.8. The third-order valence-corrected chi connectivity index (χ3v) is 7.12. The molecule has 2 atom stereocenters. The highest BCUT2D eigenvalue weighted by Gasteiger charge is 2.50. The van der Waals surface area contributed by atoms with Gasteiger partial charge in [-0.05, 0) is 37.1 Å². The molecule has 164 valence electrons. The lowest BCUT2D eigenvalue weighted by molar-refractivity contribution is -0.156. The number of hydrogen-bond donors (Lipinski definition) is 0. The van der Waals surface area contributed by atoms with Crippen LogP contribution in [0.15, 0.2) is 24.4 Å². The Hall–Kier alpha value is -2.16. The first-order valence-corrected chi connectivity index (χ1v) is 11.4. The van der Waals surface area contributed by atoms with E-state index in [0.717, 1.165) is 11.3 Å². The monoisotopic (exact) mass is 481 g/mol. The molecule has 1 unspecified atom stereocenters. The molecule has 2 amide bonds. The Morgan fingerprint density at radius 2 is 2.06 bits per heavy atom. The van der Waals surface area contributed by atoms with Crippen molar-refractivity contribution in [3.8, 4) is 0 Å². The molecule has 2 aromatic rings. The molecule has 1 saturated heterocycles. The lowest BCUT2D eigenvalue weighted by Crippen LogP contribution is -2.43. The molecule has 0 bridgehead atoms. The van der Waals surface area contributed by atoms with E-state index in [9.17, 15) is 14.4 Å². The van der Waals surface area contributed by atoms with Gasteiger partial charge in [0, 0.05) is 42.7 Å². The maximum absolute atomic E-state index is 13.1. The maximum Gasteiger partial charge on any atom is 0.303 e. The molecule has 0 saturated carbocycles. The van der Waals surface area contributed by atoms with Gasteiger partial charge in [0.25, 0.3) is 5.91 Å². The molecule has 1 aromatic heterocycles. The van der Waals surface area contributed by atoms with Crippen LogP contribution in [-0.2, 0) is 31.0 Å². The number of anilines is 1. The summed E-state index contributed by atoms with van der Waals surface area (Å²) in [7, 11) is 0. The third-order valence-electron chi connectivity index (χ3n) is 5.77. The van der Waals surface area contributed by atoms with Crippen LogP contribution in [0, 0.1) is 0 Å². The molecular formula is C21H21Cl2N3O4S. The van der Waals surface area contributed by atoms with Gasteiger partial charge in [-0.2, -0.15) is 0 Å². The molecule has 1 fully saturated rings. The molecule has 7 nitrogen and oxygen atoms in total. The fraction of sp³-hybridized carbons (Fsp3) is 0.429. The molecule has 1 aromatic carbocycles. The highest BCUT2D eigenvalue weighted by atomic mass is 35.5. The predicted octanol–water partition coefficient (Wildman–Crippen LogP) is 3.46. The average Bonchev–Trinajstić information content (AvgIpc) is 3.39. The van der Waals surface area contributed by atoms with Crippen LogP contribution in [0.2, 0.25) is 9.36 Å². The number of rotatable bonds is 4. The van der Waals surface area contributed by atoms with Crippen molar-refractivity contribution in [3.05, 3.63) is 44.3 Å². The molecule has 4 rings (SSSR count). The maximum atomic E-state index is 13.1. The zero-order valence-electron chi connectivity index (χ0n) is 17.1. The summed E-state index contributed by atoms with van der Waals surface area (Å²) in [5.41, 5.74) is 1.35. The van der Waals surface area contributed by atoms with Crippen LogP contribution in [0.25, 0.3) is 0 Å². The van der Waals surface area contributed by atoms with E-state index < -0.39 is 17.5 Å². The second kappa shape index (κ2) is 8.41. The van der Waals surface area contributed by atoms with Crippen molar-refractivity contribution in [2.45, 2.75) is 38.2 Å². The quantitative estimate of drug-likeness (QED) is 0.624. The van der Waals surface area contributed by atoms with Crippen LogP contribution in [-0.4, -0.2) is 53.4 Å². The first kappa shape index (κ1) is 22.0. The van der Waals surface area contributed by atoms with Crippen molar-refractivity contribution in [1.82, 2.24) is 9.88 Å². The Kier molecular flexibility index (Phi) is 5.98. The van der Waals surface area contributed by atoms with Crippen LogP contribution in [0.5, 0.6) is 0 Å². The van der Waals surface area contributed by atoms with Crippen LogP contribution in [0.1, 0.15) is 30.8 Å². The second-order valence-corrected chi connectivity index (χ2v) is 10.1. The Balaban J connectivity index is 1.58. The Morgan fingerprint density at radius 3 is 2.74 bits per heavy atom. The van der Waals surface area contributed by atoms with Gasteiger partial charge in [0.1, 0.15) is 9.34 Å². The summed E-state index contributed by atoms with van der Waals surface area (Å²) in [6.07, 6.45) is 1.53. The minimum Gasteiger partial charge on any atom is -0.453 e. The lowest BCUT2D eigenvalue weighted by Gasteiger charge is -2.26. The number of halogens is 2. The topological polar surface area (TPSA) is 79.8 Å². The van der Waals surface area contributed by atoms with Crippen molar-refractivity contribution in [1.29, 1.82) is 0 Å². The van der Waals surface area contributed by atoms with E-state index in [1.165, 1.54) is 18.3 Å². The van der Waals surface area contributed by atoms with Gasteiger partial charge >= 0.3 is 5.97 Å². The third kappa shape index (κ3) is 4.29. The van der Waals surface area contributed by atoms with Crippen LogP contribution >= 0.6 is 34.5 Å². The van der Waals surface area contributed by atoms with Gasteiger partial charge in [-0.25, -0.2) is 4.98 Å². The number of fused-ring (bicyclic) bond motifs is 2. The van der Waals surface area contributed by atoms with E-state index >= 15 is 0 Å². The number of carbonyl (C=O) groups excluding carboxylic acids is 3. The number of benzene rings is 1. The van der Waals surface area contributed by atoms with Crippen molar-refractivity contribution in [3.63, 3.8) is 0 Å². The van der Waals surface area contributed by atoms with E-state index in [4.69, 9.17) is 27.9 Å². The molecule has 1 spiro atoms. The summed E-state index contributed by atoms with van der Waals surface area (Å²) in [4.78, 5) is 44.8. The largest absolute Gasteiger partial charge is 0.453 e. The minimum absolute atomic E-state index is 0.0791. The molecule has 31 heavy (non-hydrogen) atoms. The van der Waals surface area contributed by atoms with Crippen molar-refractivity contribution < 1.29 is 19.1 Å². The SMILES string of the molecule is CC(=O)O[C@H](C)C(=O)N1CCC2(C1)CN(C(=O)Cc1ncc(Cl)s1)c1ccc(Cl)cc12. The number of esters is 1. The fourth-order valence-corrected chi connectivity index (χ4v) is 5.54. The highest BCUT2D eigenvalue weighted by Crippen LogP contribution is 2.47. The zero-order valence-corrected chi connectivity index (χ0v) is 19.4. The van der Waals surface area contributed by atoms with E-state index in [1.807, 2.05) is 12.1 Å². The van der Waals surface area contributed by atoms with Gasteiger partial charge in [-0.1, -0.05) is 23.2 Å². The minimum atomic E-state index is -0.847. The number of ether oxygens (including phenoxy) is 1. The van der Waals surface area contributed by atoms with Gasteiger partial charge in [-0.15, -0.1) is 11.3 Å². The summed E-state index contributed by atoms with van der Waals surface area (Å²) in [6, 6.07) is 5.50. The smallest absolute Gasteiger partial charge is 0.303 e. The molecule has 10 heteroatoms. The fourth-order valence-electron chi connectivity index (χ4n) is 4.42. The lowest BCUT2D eigenvalue weighted by atomic mass is 9.81. The Labute approximate surface area is 193 Å². The number of nitrogens with zero attached hydrogens (tertiary/aromatic N) is 3. The molecular weight excluding hydrogens is 461 g/mol. The van der Waals surface area contributed by atoms with Gasteiger partial charge < -0.3 is 14.5 Å². The molecule has 0 radical (unpaired) electrons. The first-order chi connectivity index (χ1) is 14.7. The van der Waals surface area contributed by atoms with E-state index in [1.54, 1.807) is 29.0 Å². The zero-order chi connectivity index (χ0) is 22.3. The Morgan fingerprint density at radius 1 is 1.29 bits per heavy atom. The summed E-state index contributed by atoms with van der Waals surface area (Å²) < 4.78 is 5.60. The van der Waals surface area contributed by atoms with Gasteiger partial charge in [0.15, 0.2) is 6.10 Å². The number of hydrogen-bond acceptors (Lipinski definition) is 6. The molecule has 3 heterocycles. The van der Waals surface area contributed by atoms with Crippen LogP contribution in [0.4, 0.5) is 5.69 Å². The van der Waals surface area contributed by atoms with Crippen molar-refractivity contribution in [2.24, 2.45) is 0 Å². The standard InChI is InChI=1S/C21H21Cl2N3O4S/c1-12(30-13(2)27)20(29)25-6-5-21(10-25)11-26(16-4-3-14(22)7-15(16)21)19(28)8-18-24-9-17(23)31-18/h3-4,7,9,12H,5-6,8,10-11H2,1-2H3/t12-,21?/m1/s1. The van der Waals surface area contributed by atoms with Gasteiger partial charge in [0.2, 0.25) is 5.91 Å². The van der Waals surface area contributed by atoms with E-state index in [0.29, 0.717) is 40.4 Å². The summed E-state index contributed by atoms with van der Waals surface area (Å²) in [6.45, 7) is 4.25.